The number of carbonyl (C=O) groups excluding carboxylic acids is 1. The minimum Gasteiger partial charge on any atom is -0.490 e. The molecule has 0 unspecified atom stereocenters. The number of nitrogens with one attached hydrogen (secondary N) is 1. The van der Waals surface area contributed by atoms with Crippen LogP contribution in [0.1, 0.15) is 34.2 Å². The van der Waals surface area contributed by atoms with Crippen molar-refractivity contribution in [2.75, 3.05) is 11.9 Å². The van der Waals surface area contributed by atoms with Crippen molar-refractivity contribution in [1.82, 2.24) is 9.78 Å². The van der Waals surface area contributed by atoms with Gasteiger partial charge in [0, 0.05) is 16.1 Å². The van der Waals surface area contributed by atoms with Gasteiger partial charge in [0.25, 0.3) is 5.91 Å². The number of hydrogen-bond donors (Lipinski definition) is 1. The predicted molar refractivity (Wildman–Crippen MR) is 114 cm³/mol. The number of hydrogen-bond acceptors (Lipinski definition) is 4. The first-order valence-corrected chi connectivity index (χ1v) is 10.1. The van der Waals surface area contributed by atoms with E-state index in [0.717, 1.165) is 0 Å². The summed E-state index contributed by atoms with van der Waals surface area (Å²) in [5, 5.41) is 7.42. The second kappa shape index (κ2) is 9.95. The lowest BCUT2D eigenvalue weighted by Gasteiger charge is -2.13. The molecule has 32 heavy (non-hydrogen) atoms. The van der Waals surface area contributed by atoms with Crippen molar-refractivity contribution in [3.63, 3.8) is 0 Å². The van der Waals surface area contributed by atoms with Crippen molar-refractivity contribution in [1.29, 1.82) is 0 Å². The molecule has 0 atom stereocenters. The smallest absolute Gasteiger partial charge is 0.387 e. The SMILES string of the molecule is CCOc1cc(C(=O)Nc2c(C)nn(Cc3c(F)cccc3Cl)c2C)ccc1OC(F)F. The molecule has 170 valence electrons. The molecule has 0 saturated carbocycles. The summed E-state index contributed by atoms with van der Waals surface area (Å²) in [7, 11) is 0. The van der Waals surface area contributed by atoms with E-state index in [-0.39, 0.29) is 40.8 Å². The fourth-order valence-electron chi connectivity index (χ4n) is 3.16. The van der Waals surface area contributed by atoms with Crippen LogP contribution >= 0.6 is 11.6 Å². The third kappa shape index (κ3) is 5.16. The number of nitrogens with zero attached hydrogens (tertiary/aromatic N) is 2. The van der Waals surface area contributed by atoms with Crippen LogP contribution in [0.25, 0.3) is 0 Å². The van der Waals surface area contributed by atoms with Crippen LogP contribution in [0.3, 0.4) is 0 Å². The van der Waals surface area contributed by atoms with Gasteiger partial charge in [-0.05, 0) is 51.1 Å². The Balaban J connectivity index is 1.85. The Bertz CT molecular complexity index is 1110. The van der Waals surface area contributed by atoms with Gasteiger partial charge in [-0.15, -0.1) is 0 Å². The number of rotatable bonds is 8. The van der Waals surface area contributed by atoms with E-state index < -0.39 is 18.3 Å². The predicted octanol–water partition coefficient (Wildman–Crippen LogP) is 5.59. The summed E-state index contributed by atoms with van der Waals surface area (Å²) in [6, 6.07) is 8.34. The summed E-state index contributed by atoms with van der Waals surface area (Å²) >= 11 is 6.11. The highest BCUT2D eigenvalue weighted by molar-refractivity contribution is 6.31. The number of amides is 1. The molecular formula is C22H21ClF3N3O3. The monoisotopic (exact) mass is 467 g/mol. The van der Waals surface area contributed by atoms with Crippen molar-refractivity contribution in [3.05, 3.63) is 69.8 Å². The first kappa shape index (κ1) is 23.5. The molecule has 1 N–H and O–H groups in total. The van der Waals surface area contributed by atoms with Gasteiger partial charge in [-0.25, -0.2) is 4.39 Å². The molecule has 0 spiro atoms. The van der Waals surface area contributed by atoms with Crippen LogP contribution in [-0.2, 0) is 6.54 Å². The summed E-state index contributed by atoms with van der Waals surface area (Å²) in [5.74, 6) is -1.09. The minimum absolute atomic E-state index is 0.0267. The van der Waals surface area contributed by atoms with Crippen molar-refractivity contribution < 1.29 is 27.4 Å². The Morgan fingerprint density at radius 1 is 1.22 bits per heavy atom. The maximum Gasteiger partial charge on any atom is 0.387 e. The second-order valence-electron chi connectivity index (χ2n) is 6.83. The van der Waals surface area contributed by atoms with Crippen LogP contribution in [0.2, 0.25) is 5.02 Å². The zero-order chi connectivity index (χ0) is 23.4. The lowest BCUT2D eigenvalue weighted by molar-refractivity contribution is -0.0514. The maximum absolute atomic E-state index is 14.2. The first-order valence-electron chi connectivity index (χ1n) is 9.71. The Kier molecular flexibility index (Phi) is 7.29. The van der Waals surface area contributed by atoms with Gasteiger partial charge in [0.1, 0.15) is 5.82 Å². The van der Waals surface area contributed by atoms with Crippen molar-refractivity contribution in [2.45, 2.75) is 33.9 Å². The summed E-state index contributed by atoms with van der Waals surface area (Å²) < 4.78 is 50.6. The molecule has 6 nitrogen and oxygen atoms in total. The number of aromatic nitrogens is 2. The number of alkyl halides is 2. The molecule has 1 heterocycles. The Hall–Kier alpha value is -3.20. The van der Waals surface area contributed by atoms with Gasteiger partial charge in [-0.2, -0.15) is 13.9 Å². The molecule has 1 aromatic heterocycles. The minimum atomic E-state index is -3.02. The van der Waals surface area contributed by atoms with E-state index in [2.05, 4.69) is 15.2 Å². The Morgan fingerprint density at radius 3 is 2.62 bits per heavy atom. The standard InChI is InChI=1S/C22H21ClF3N3O3/c1-4-31-19-10-14(8-9-18(19)32-22(25)26)21(30)27-20-12(2)28-29(13(20)3)11-15-16(23)6-5-7-17(15)24/h5-10,22H,4,11H2,1-3H3,(H,27,30). The fraction of sp³-hybridized carbons (Fsp3) is 0.273. The third-order valence-corrected chi connectivity index (χ3v) is 5.07. The number of benzene rings is 2. The first-order chi connectivity index (χ1) is 15.2. The lowest BCUT2D eigenvalue weighted by Crippen LogP contribution is -2.14. The summed E-state index contributed by atoms with van der Waals surface area (Å²) in [4.78, 5) is 12.8. The van der Waals surface area contributed by atoms with E-state index >= 15 is 0 Å². The van der Waals surface area contributed by atoms with E-state index in [1.165, 1.54) is 30.3 Å². The Labute approximate surface area is 187 Å². The second-order valence-corrected chi connectivity index (χ2v) is 7.24. The fourth-order valence-corrected chi connectivity index (χ4v) is 3.38. The molecule has 3 aromatic rings. The maximum atomic E-state index is 14.2. The van der Waals surface area contributed by atoms with Crippen molar-refractivity contribution in [2.24, 2.45) is 0 Å². The summed E-state index contributed by atoms with van der Waals surface area (Å²) in [5.41, 5.74) is 2.03. The third-order valence-electron chi connectivity index (χ3n) is 4.71. The van der Waals surface area contributed by atoms with Crippen LogP contribution in [0.4, 0.5) is 18.9 Å². The summed E-state index contributed by atoms with van der Waals surface area (Å²) in [6.45, 7) is 2.38. The zero-order valence-electron chi connectivity index (χ0n) is 17.6. The molecule has 10 heteroatoms. The van der Waals surface area contributed by atoms with Crippen LogP contribution in [0.15, 0.2) is 36.4 Å². The van der Waals surface area contributed by atoms with Gasteiger partial charge >= 0.3 is 6.61 Å². The molecule has 0 bridgehead atoms. The van der Waals surface area contributed by atoms with Crippen LogP contribution < -0.4 is 14.8 Å². The quantitative estimate of drug-likeness (QED) is 0.469. The molecule has 0 aliphatic heterocycles. The Morgan fingerprint density at radius 2 is 1.97 bits per heavy atom. The molecule has 0 aliphatic rings. The van der Waals surface area contributed by atoms with E-state index in [4.69, 9.17) is 16.3 Å². The lowest BCUT2D eigenvalue weighted by atomic mass is 10.1. The number of aryl methyl sites for hydroxylation is 1. The average molecular weight is 468 g/mol. The number of carbonyl (C=O) groups is 1. The van der Waals surface area contributed by atoms with Crippen molar-refractivity contribution >= 4 is 23.2 Å². The normalized spacial score (nSPS) is 11.0. The highest BCUT2D eigenvalue weighted by atomic mass is 35.5. The highest BCUT2D eigenvalue weighted by Crippen LogP contribution is 2.31. The van der Waals surface area contributed by atoms with Gasteiger partial charge in [0.05, 0.1) is 30.2 Å². The van der Waals surface area contributed by atoms with Gasteiger partial charge < -0.3 is 14.8 Å². The largest absolute Gasteiger partial charge is 0.490 e. The molecule has 3 rings (SSSR count). The van der Waals surface area contributed by atoms with Crippen LogP contribution in [0, 0.1) is 19.7 Å². The molecule has 0 aliphatic carbocycles. The molecule has 1 amide bonds. The molecule has 2 aromatic carbocycles. The average Bonchev–Trinajstić information content (AvgIpc) is 2.99. The van der Waals surface area contributed by atoms with Crippen LogP contribution in [0.5, 0.6) is 11.5 Å². The number of anilines is 1. The van der Waals surface area contributed by atoms with Gasteiger partial charge in [-0.3, -0.25) is 9.48 Å². The van der Waals surface area contributed by atoms with E-state index in [0.29, 0.717) is 17.1 Å². The highest BCUT2D eigenvalue weighted by Gasteiger charge is 2.19. The van der Waals surface area contributed by atoms with Gasteiger partial charge in [0.15, 0.2) is 11.5 Å². The topological polar surface area (TPSA) is 65.4 Å². The van der Waals surface area contributed by atoms with E-state index in [1.54, 1.807) is 31.5 Å². The molecule has 0 fully saturated rings. The zero-order valence-corrected chi connectivity index (χ0v) is 18.3. The van der Waals surface area contributed by atoms with Gasteiger partial charge in [-0.1, -0.05) is 17.7 Å². The molecule has 0 radical (unpaired) electrons. The van der Waals surface area contributed by atoms with Crippen molar-refractivity contribution in [3.8, 4) is 11.5 Å². The van der Waals surface area contributed by atoms with Gasteiger partial charge in [0.2, 0.25) is 0 Å². The molecule has 0 saturated heterocycles. The number of ether oxygens (including phenoxy) is 2. The van der Waals surface area contributed by atoms with E-state index in [1.807, 2.05) is 0 Å². The van der Waals surface area contributed by atoms with E-state index in [9.17, 15) is 18.0 Å². The summed E-state index contributed by atoms with van der Waals surface area (Å²) in [6.07, 6.45) is 0. The molecular weight excluding hydrogens is 447 g/mol. The number of halogens is 4. The van der Waals surface area contributed by atoms with Crippen LogP contribution in [-0.4, -0.2) is 28.9 Å².